The highest BCUT2D eigenvalue weighted by Gasteiger charge is 2.18. The number of hydrazine groups is 1. The number of carbonyl (C=O) groups is 1. The number of hydrogen-bond donors (Lipinski definition) is 3. The summed E-state index contributed by atoms with van der Waals surface area (Å²) in [7, 11) is 0. The van der Waals surface area contributed by atoms with Gasteiger partial charge in [0, 0.05) is 6.54 Å². The van der Waals surface area contributed by atoms with Crippen LogP contribution in [0.1, 0.15) is 38.2 Å². The molecule has 0 aliphatic heterocycles. The molecule has 0 atom stereocenters. The third-order valence-electron chi connectivity index (χ3n) is 3.34. The number of pyridine rings is 1. The molecule has 1 aromatic heterocycles. The zero-order chi connectivity index (χ0) is 14.4. The maximum atomic E-state index is 12.0. The summed E-state index contributed by atoms with van der Waals surface area (Å²) in [5.74, 6) is 7.12. The Morgan fingerprint density at radius 3 is 2.42 bits per heavy atom. The van der Waals surface area contributed by atoms with E-state index in [-0.39, 0.29) is 5.91 Å². The van der Waals surface area contributed by atoms with Gasteiger partial charge in [-0.05, 0) is 29.9 Å². The van der Waals surface area contributed by atoms with E-state index in [9.17, 15) is 4.79 Å². The molecule has 5 heteroatoms. The molecule has 4 N–H and O–H groups in total. The van der Waals surface area contributed by atoms with Crippen molar-refractivity contribution in [2.45, 2.75) is 27.7 Å². The lowest BCUT2D eigenvalue weighted by molar-refractivity contribution is 0.0932. The van der Waals surface area contributed by atoms with Crippen LogP contribution in [0.15, 0.2) is 18.2 Å². The van der Waals surface area contributed by atoms with Crippen molar-refractivity contribution in [3.63, 3.8) is 0 Å². The first-order valence-electron chi connectivity index (χ1n) is 6.67. The molecule has 1 aromatic rings. The van der Waals surface area contributed by atoms with Crippen LogP contribution in [0.3, 0.4) is 0 Å². The SMILES string of the molecule is CC(C)C(CNC(=O)c1cccc(NN)n1)C(C)C. The van der Waals surface area contributed by atoms with Crippen LogP contribution in [0, 0.1) is 17.8 Å². The number of carbonyl (C=O) groups excluding carboxylic acids is 1. The standard InChI is InChI=1S/C14H24N4O/c1-9(2)11(10(3)4)8-16-14(19)12-6-5-7-13(17-12)18-15/h5-7,9-11H,8,15H2,1-4H3,(H,16,19)(H,17,18). The minimum absolute atomic E-state index is 0.164. The average molecular weight is 264 g/mol. The molecule has 0 bridgehead atoms. The van der Waals surface area contributed by atoms with Crippen LogP contribution in [-0.4, -0.2) is 17.4 Å². The molecule has 0 aromatic carbocycles. The summed E-state index contributed by atoms with van der Waals surface area (Å²) in [6.45, 7) is 9.36. The first kappa shape index (κ1) is 15.4. The summed E-state index contributed by atoms with van der Waals surface area (Å²) in [5.41, 5.74) is 2.81. The van der Waals surface area contributed by atoms with Gasteiger partial charge in [0.1, 0.15) is 11.5 Å². The van der Waals surface area contributed by atoms with Gasteiger partial charge in [0.25, 0.3) is 5.91 Å². The minimum atomic E-state index is -0.164. The predicted molar refractivity (Wildman–Crippen MR) is 77.5 cm³/mol. The van der Waals surface area contributed by atoms with Crippen LogP contribution in [0.4, 0.5) is 5.82 Å². The van der Waals surface area contributed by atoms with Gasteiger partial charge in [0.15, 0.2) is 0 Å². The lowest BCUT2D eigenvalue weighted by Crippen LogP contribution is -2.34. The Hall–Kier alpha value is -1.62. The number of anilines is 1. The van der Waals surface area contributed by atoms with Crippen molar-refractivity contribution in [1.29, 1.82) is 0 Å². The van der Waals surface area contributed by atoms with Crippen molar-refractivity contribution in [2.75, 3.05) is 12.0 Å². The molecule has 0 aliphatic carbocycles. The molecular formula is C14H24N4O. The van der Waals surface area contributed by atoms with Crippen LogP contribution in [-0.2, 0) is 0 Å². The van der Waals surface area contributed by atoms with Gasteiger partial charge in [-0.1, -0.05) is 33.8 Å². The van der Waals surface area contributed by atoms with Crippen LogP contribution >= 0.6 is 0 Å². The highest BCUT2D eigenvalue weighted by molar-refractivity contribution is 5.92. The van der Waals surface area contributed by atoms with Crippen molar-refractivity contribution in [3.8, 4) is 0 Å². The van der Waals surface area contributed by atoms with Crippen LogP contribution in [0.2, 0.25) is 0 Å². The molecule has 0 spiro atoms. The Labute approximate surface area is 115 Å². The number of amides is 1. The van der Waals surface area contributed by atoms with E-state index in [2.05, 4.69) is 43.4 Å². The summed E-state index contributed by atoms with van der Waals surface area (Å²) in [5, 5.41) is 2.94. The Balaban J connectivity index is 2.64. The zero-order valence-electron chi connectivity index (χ0n) is 12.1. The first-order valence-corrected chi connectivity index (χ1v) is 6.67. The number of nitrogens with one attached hydrogen (secondary N) is 2. The summed E-state index contributed by atoms with van der Waals surface area (Å²) >= 11 is 0. The second kappa shape index (κ2) is 7.09. The zero-order valence-corrected chi connectivity index (χ0v) is 12.1. The number of rotatable bonds is 6. The predicted octanol–water partition coefficient (Wildman–Crippen LogP) is 2.03. The molecule has 0 fully saturated rings. The fraction of sp³-hybridized carbons (Fsp3) is 0.571. The molecule has 0 radical (unpaired) electrons. The normalized spacial score (nSPS) is 11.2. The van der Waals surface area contributed by atoms with E-state index in [0.717, 1.165) is 0 Å². The number of nitrogen functional groups attached to an aromatic ring is 1. The first-order chi connectivity index (χ1) is 8.95. The van der Waals surface area contributed by atoms with E-state index >= 15 is 0 Å². The lowest BCUT2D eigenvalue weighted by atomic mass is 9.85. The third-order valence-corrected chi connectivity index (χ3v) is 3.34. The molecule has 106 valence electrons. The molecule has 19 heavy (non-hydrogen) atoms. The van der Waals surface area contributed by atoms with E-state index in [0.29, 0.717) is 35.8 Å². The largest absolute Gasteiger partial charge is 0.350 e. The second-order valence-electron chi connectivity index (χ2n) is 5.41. The molecule has 1 amide bonds. The van der Waals surface area contributed by atoms with E-state index in [1.807, 2.05) is 0 Å². The van der Waals surface area contributed by atoms with Crippen LogP contribution in [0.25, 0.3) is 0 Å². The molecule has 0 aliphatic rings. The van der Waals surface area contributed by atoms with Gasteiger partial charge in [-0.25, -0.2) is 10.8 Å². The van der Waals surface area contributed by atoms with Gasteiger partial charge in [0.05, 0.1) is 0 Å². The Bertz CT molecular complexity index is 410. The lowest BCUT2D eigenvalue weighted by Gasteiger charge is -2.24. The summed E-state index contributed by atoms with van der Waals surface area (Å²) < 4.78 is 0. The highest BCUT2D eigenvalue weighted by Crippen LogP contribution is 2.19. The summed E-state index contributed by atoms with van der Waals surface area (Å²) in [6.07, 6.45) is 0. The van der Waals surface area contributed by atoms with Crippen molar-refractivity contribution in [3.05, 3.63) is 23.9 Å². The van der Waals surface area contributed by atoms with Gasteiger partial charge < -0.3 is 10.7 Å². The van der Waals surface area contributed by atoms with E-state index in [1.54, 1.807) is 18.2 Å². The van der Waals surface area contributed by atoms with Crippen molar-refractivity contribution in [1.82, 2.24) is 10.3 Å². The Morgan fingerprint density at radius 2 is 1.89 bits per heavy atom. The smallest absolute Gasteiger partial charge is 0.269 e. The van der Waals surface area contributed by atoms with Gasteiger partial charge in [-0.2, -0.15) is 0 Å². The van der Waals surface area contributed by atoms with Gasteiger partial charge >= 0.3 is 0 Å². The minimum Gasteiger partial charge on any atom is -0.350 e. The summed E-state index contributed by atoms with van der Waals surface area (Å²) in [6, 6.07) is 5.14. The van der Waals surface area contributed by atoms with E-state index in [4.69, 9.17) is 5.84 Å². The number of hydrogen-bond acceptors (Lipinski definition) is 4. The van der Waals surface area contributed by atoms with Crippen molar-refractivity contribution >= 4 is 11.7 Å². The molecule has 0 unspecified atom stereocenters. The highest BCUT2D eigenvalue weighted by atomic mass is 16.1. The van der Waals surface area contributed by atoms with Crippen LogP contribution in [0.5, 0.6) is 0 Å². The molecule has 0 saturated heterocycles. The Kier molecular flexibility index (Phi) is 5.76. The van der Waals surface area contributed by atoms with E-state index in [1.165, 1.54) is 0 Å². The van der Waals surface area contributed by atoms with E-state index < -0.39 is 0 Å². The molecule has 1 rings (SSSR count). The van der Waals surface area contributed by atoms with Gasteiger partial charge in [-0.3, -0.25) is 4.79 Å². The van der Waals surface area contributed by atoms with Crippen LogP contribution < -0.4 is 16.6 Å². The fourth-order valence-electron chi connectivity index (χ4n) is 2.18. The second-order valence-corrected chi connectivity index (χ2v) is 5.41. The third kappa shape index (κ3) is 4.52. The molecule has 1 heterocycles. The van der Waals surface area contributed by atoms with Gasteiger partial charge in [0.2, 0.25) is 0 Å². The quantitative estimate of drug-likeness (QED) is 0.542. The van der Waals surface area contributed by atoms with Gasteiger partial charge in [-0.15, -0.1) is 0 Å². The fourth-order valence-corrected chi connectivity index (χ4v) is 2.18. The number of nitrogens with two attached hydrogens (primary N) is 1. The maximum absolute atomic E-state index is 12.0. The van der Waals surface area contributed by atoms with Crippen molar-refractivity contribution in [2.24, 2.45) is 23.6 Å². The maximum Gasteiger partial charge on any atom is 0.269 e. The molecular weight excluding hydrogens is 240 g/mol. The summed E-state index contributed by atoms with van der Waals surface area (Å²) in [4.78, 5) is 16.1. The Morgan fingerprint density at radius 1 is 1.26 bits per heavy atom. The average Bonchev–Trinajstić information content (AvgIpc) is 2.38. The topological polar surface area (TPSA) is 80.0 Å². The monoisotopic (exact) mass is 264 g/mol. The number of nitrogens with zero attached hydrogens (tertiary/aromatic N) is 1. The number of aromatic nitrogens is 1. The molecule has 5 nitrogen and oxygen atoms in total. The van der Waals surface area contributed by atoms with Crippen molar-refractivity contribution < 1.29 is 4.79 Å². The molecule has 0 saturated carbocycles.